The van der Waals surface area contributed by atoms with E-state index in [0.717, 1.165) is 11.8 Å². The zero-order valence-corrected chi connectivity index (χ0v) is 13.6. The van der Waals surface area contributed by atoms with Gasteiger partial charge in [-0.05, 0) is 17.5 Å². The van der Waals surface area contributed by atoms with Crippen LogP contribution in [0.3, 0.4) is 0 Å². The SMILES string of the molecule is CC(C)c1ccc(C=O)cc1N(c1nccs1)S(C)(=O)=O. The van der Waals surface area contributed by atoms with Crippen molar-refractivity contribution in [1.29, 1.82) is 0 Å². The Hall–Kier alpha value is -1.73. The van der Waals surface area contributed by atoms with E-state index in [9.17, 15) is 13.2 Å². The van der Waals surface area contributed by atoms with Crippen molar-refractivity contribution in [2.45, 2.75) is 19.8 Å². The summed E-state index contributed by atoms with van der Waals surface area (Å²) in [5.41, 5.74) is 1.76. The standard InChI is InChI=1S/C14H16N2O3S2/c1-10(2)12-5-4-11(9-17)8-13(12)16(21(3,18)19)14-15-6-7-20-14/h4-10H,1-3H3. The smallest absolute Gasteiger partial charge is 0.238 e. The second-order valence-corrected chi connectivity index (χ2v) is 7.64. The number of aromatic nitrogens is 1. The number of nitrogens with zero attached hydrogens (tertiary/aromatic N) is 2. The van der Waals surface area contributed by atoms with Gasteiger partial charge in [-0.2, -0.15) is 0 Å². The van der Waals surface area contributed by atoms with Gasteiger partial charge in [0.1, 0.15) is 6.29 Å². The van der Waals surface area contributed by atoms with E-state index in [2.05, 4.69) is 4.98 Å². The molecule has 2 aromatic rings. The third-order valence-electron chi connectivity index (χ3n) is 2.96. The van der Waals surface area contributed by atoms with Crippen LogP contribution in [0.5, 0.6) is 0 Å². The van der Waals surface area contributed by atoms with Crippen molar-refractivity contribution >= 4 is 38.5 Å². The first kappa shape index (κ1) is 15.7. The summed E-state index contributed by atoms with van der Waals surface area (Å²) in [6.07, 6.45) is 3.39. The molecule has 0 radical (unpaired) electrons. The van der Waals surface area contributed by atoms with Crippen LogP contribution in [0.1, 0.15) is 35.7 Å². The topological polar surface area (TPSA) is 67.3 Å². The molecule has 1 heterocycles. The van der Waals surface area contributed by atoms with Gasteiger partial charge in [0, 0.05) is 17.1 Å². The van der Waals surface area contributed by atoms with Gasteiger partial charge in [0.2, 0.25) is 15.2 Å². The van der Waals surface area contributed by atoms with Gasteiger partial charge in [0.15, 0.2) is 0 Å². The fourth-order valence-corrected chi connectivity index (χ4v) is 3.98. The molecule has 21 heavy (non-hydrogen) atoms. The van der Waals surface area contributed by atoms with E-state index in [1.807, 2.05) is 13.8 Å². The highest BCUT2D eigenvalue weighted by molar-refractivity contribution is 7.92. The molecule has 1 aromatic carbocycles. The highest BCUT2D eigenvalue weighted by atomic mass is 32.2. The molecular weight excluding hydrogens is 308 g/mol. The molecule has 0 unspecified atom stereocenters. The first-order chi connectivity index (χ1) is 9.84. The Kier molecular flexibility index (Phi) is 4.43. The fourth-order valence-electron chi connectivity index (χ4n) is 2.04. The molecule has 0 aliphatic carbocycles. The molecule has 0 fully saturated rings. The summed E-state index contributed by atoms with van der Waals surface area (Å²) in [4.78, 5) is 15.1. The third-order valence-corrected chi connectivity index (χ3v) is 4.86. The molecule has 0 atom stereocenters. The van der Waals surface area contributed by atoms with Gasteiger partial charge >= 0.3 is 0 Å². The second kappa shape index (κ2) is 5.95. The van der Waals surface area contributed by atoms with E-state index in [0.29, 0.717) is 22.7 Å². The Balaban J connectivity index is 2.73. The molecule has 0 bridgehead atoms. The van der Waals surface area contributed by atoms with E-state index in [-0.39, 0.29) is 5.92 Å². The minimum Gasteiger partial charge on any atom is -0.298 e. The third kappa shape index (κ3) is 3.30. The predicted octanol–water partition coefficient (Wildman–Crippen LogP) is 3.18. The van der Waals surface area contributed by atoms with Crippen LogP contribution in [0, 0.1) is 0 Å². The van der Waals surface area contributed by atoms with Crippen molar-refractivity contribution in [3.8, 4) is 0 Å². The number of hydrogen-bond acceptors (Lipinski definition) is 5. The van der Waals surface area contributed by atoms with Crippen molar-refractivity contribution in [2.75, 3.05) is 10.6 Å². The van der Waals surface area contributed by atoms with Crippen molar-refractivity contribution in [3.05, 3.63) is 40.9 Å². The molecule has 1 aromatic heterocycles. The first-order valence-corrected chi connectivity index (χ1v) is 9.06. The lowest BCUT2D eigenvalue weighted by Crippen LogP contribution is -2.26. The number of aldehydes is 1. The largest absolute Gasteiger partial charge is 0.298 e. The van der Waals surface area contributed by atoms with E-state index in [1.54, 1.807) is 29.8 Å². The van der Waals surface area contributed by atoms with Crippen LogP contribution in [0.4, 0.5) is 10.8 Å². The van der Waals surface area contributed by atoms with Crippen molar-refractivity contribution in [3.63, 3.8) is 0 Å². The van der Waals surface area contributed by atoms with Crippen molar-refractivity contribution in [2.24, 2.45) is 0 Å². The Morgan fingerprint density at radius 3 is 2.52 bits per heavy atom. The second-order valence-electron chi connectivity index (χ2n) is 4.93. The molecular formula is C14H16N2O3S2. The van der Waals surface area contributed by atoms with Gasteiger partial charge in [-0.25, -0.2) is 17.7 Å². The molecule has 112 valence electrons. The highest BCUT2D eigenvalue weighted by Crippen LogP contribution is 2.36. The van der Waals surface area contributed by atoms with Crippen molar-refractivity contribution < 1.29 is 13.2 Å². The zero-order valence-electron chi connectivity index (χ0n) is 12.0. The molecule has 0 N–H and O–H groups in total. The lowest BCUT2D eigenvalue weighted by Gasteiger charge is -2.24. The van der Waals surface area contributed by atoms with Gasteiger partial charge in [-0.15, -0.1) is 11.3 Å². The van der Waals surface area contributed by atoms with Crippen LogP contribution < -0.4 is 4.31 Å². The number of anilines is 2. The maximum Gasteiger partial charge on any atom is 0.238 e. The van der Waals surface area contributed by atoms with E-state index in [1.165, 1.54) is 15.6 Å². The average molecular weight is 324 g/mol. The Bertz CT molecular complexity index is 738. The molecule has 0 saturated carbocycles. The molecule has 7 heteroatoms. The van der Waals surface area contributed by atoms with Gasteiger partial charge in [-0.1, -0.05) is 26.0 Å². The average Bonchev–Trinajstić information content (AvgIpc) is 2.90. The summed E-state index contributed by atoms with van der Waals surface area (Å²) in [6.45, 7) is 3.95. The van der Waals surface area contributed by atoms with Crippen LogP contribution in [-0.2, 0) is 10.0 Å². The lowest BCUT2D eigenvalue weighted by atomic mass is 9.99. The quantitative estimate of drug-likeness (QED) is 0.792. The molecule has 0 aliphatic heterocycles. The van der Waals surface area contributed by atoms with E-state index in [4.69, 9.17) is 0 Å². The number of hydrogen-bond donors (Lipinski definition) is 0. The summed E-state index contributed by atoms with van der Waals surface area (Å²) in [5, 5.41) is 2.08. The summed E-state index contributed by atoms with van der Waals surface area (Å²) in [6, 6.07) is 5.06. The van der Waals surface area contributed by atoms with Crippen molar-refractivity contribution in [1.82, 2.24) is 4.98 Å². The number of thiazole rings is 1. The lowest BCUT2D eigenvalue weighted by molar-refractivity contribution is 0.112. The Morgan fingerprint density at radius 1 is 1.33 bits per heavy atom. The number of sulfonamides is 1. The molecule has 0 aliphatic rings. The predicted molar refractivity (Wildman–Crippen MR) is 85.0 cm³/mol. The zero-order chi connectivity index (χ0) is 15.6. The van der Waals surface area contributed by atoms with E-state index >= 15 is 0 Å². The monoisotopic (exact) mass is 324 g/mol. The van der Waals surface area contributed by atoms with Crippen LogP contribution >= 0.6 is 11.3 Å². The number of benzene rings is 1. The normalized spacial score (nSPS) is 11.6. The summed E-state index contributed by atoms with van der Waals surface area (Å²) in [7, 11) is -3.56. The fraction of sp³-hybridized carbons (Fsp3) is 0.286. The summed E-state index contributed by atoms with van der Waals surface area (Å²) in [5.74, 6) is 0.116. The van der Waals surface area contributed by atoms with Crippen LogP contribution in [-0.4, -0.2) is 25.9 Å². The maximum atomic E-state index is 12.2. The minimum atomic E-state index is -3.56. The summed E-state index contributed by atoms with van der Waals surface area (Å²) < 4.78 is 25.6. The van der Waals surface area contributed by atoms with Gasteiger partial charge in [0.25, 0.3) is 0 Å². The molecule has 2 rings (SSSR count). The molecule has 0 saturated heterocycles. The van der Waals surface area contributed by atoms with Crippen LogP contribution in [0.2, 0.25) is 0 Å². The number of carbonyl (C=O) groups excluding carboxylic acids is 1. The Morgan fingerprint density at radius 2 is 2.05 bits per heavy atom. The maximum absolute atomic E-state index is 12.2. The minimum absolute atomic E-state index is 0.116. The number of rotatable bonds is 5. The van der Waals surface area contributed by atoms with Gasteiger partial charge in [0.05, 0.1) is 11.9 Å². The molecule has 0 spiro atoms. The van der Waals surface area contributed by atoms with Gasteiger partial charge in [-0.3, -0.25) is 4.79 Å². The molecule has 5 nitrogen and oxygen atoms in total. The summed E-state index contributed by atoms with van der Waals surface area (Å²) >= 11 is 1.23. The molecule has 0 amide bonds. The number of carbonyl (C=O) groups is 1. The highest BCUT2D eigenvalue weighted by Gasteiger charge is 2.25. The van der Waals surface area contributed by atoms with Crippen LogP contribution in [0.15, 0.2) is 29.8 Å². The van der Waals surface area contributed by atoms with Gasteiger partial charge < -0.3 is 0 Å². The Labute approximate surface area is 128 Å². The first-order valence-electron chi connectivity index (χ1n) is 6.33. The van der Waals surface area contributed by atoms with E-state index < -0.39 is 10.0 Å². The van der Waals surface area contributed by atoms with Crippen LogP contribution in [0.25, 0.3) is 0 Å².